The number of hydrogen-bond acceptors (Lipinski definition) is 3. The number of aromatic nitrogens is 1. The van der Waals surface area contributed by atoms with E-state index in [1.165, 1.54) is 18.3 Å². The zero-order valence-corrected chi connectivity index (χ0v) is 11.7. The molecule has 108 valence electrons. The highest BCUT2D eigenvalue weighted by Crippen LogP contribution is 2.18. The van der Waals surface area contributed by atoms with Gasteiger partial charge in [0.15, 0.2) is 0 Å². The van der Waals surface area contributed by atoms with Gasteiger partial charge in [0.2, 0.25) is 0 Å². The number of halogens is 1. The van der Waals surface area contributed by atoms with Gasteiger partial charge in [0, 0.05) is 24.8 Å². The highest BCUT2D eigenvalue weighted by atomic mass is 19.1. The third kappa shape index (κ3) is 3.08. The summed E-state index contributed by atoms with van der Waals surface area (Å²) in [5, 5.41) is 2.95. The number of rotatable bonds is 3. The Morgan fingerprint density at radius 3 is 2.76 bits per heavy atom. The fourth-order valence-electron chi connectivity index (χ4n) is 2.41. The number of carbonyl (C=O) groups excluding carboxylic acids is 1. The number of benzene rings is 1. The molecule has 0 atom stereocenters. The molecule has 0 spiro atoms. The van der Waals surface area contributed by atoms with Crippen LogP contribution >= 0.6 is 0 Å². The van der Waals surface area contributed by atoms with Gasteiger partial charge in [0.1, 0.15) is 5.82 Å². The molecule has 1 saturated heterocycles. The van der Waals surface area contributed by atoms with Crippen LogP contribution in [-0.4, -0.2) is 42.0 Å². The zero-order valence-electron chi connectivity index (χ0n) is 11.7. The Balaban J connectivity index is 1.70. The third-order valence-electron chi connectivity index (χ3n) is 3.55. The lowest BCUT2D eigenvalue weighted by molar-refractivity contribution is 0.0857. The second-order valence-electron chi connectivity index (χ2n) is 5.33. The SMILES string of the molecule is CN1CC(NC(=O)c2ccc(-c3cccc(F)c3)nc2)C1. The summed E-state index contributed by atoms with van der Waals surface area (Å²) in [6, 6.07) is 9.90. The Kier molecular flexibility index (Phi) is 3.66. The molecule has 1 fully saturated rings. The molecule has 4 nitrogen and oxygen atoms in total. The van der Waals surface area contributed by atoms with Gasteiger partial charge in [0.05, 0.1) is 17.3 Å². The number of likely N-dealkylation sites (N-methyl/N-ethyl adjacent to an activating group) is 1. The van der Waals surface area contributed by atoms with Crippen molar-refractivity contribution in [2.45, 2.75) is 6.04 Å². The van der Waals surface area contributed by atoms with Crippen molar-refractivity contribution in [1.29, 1.82) is 0 Å². The Bertz CT molecular complexity index is 651. The van der Waals surface area contributed by atoms with E-state index in [0.717, 1.165) is 13.1 Å². The predicted molar refractivity (Wildman–Crippen MR) is 78.4 cm³/mol. The van der Waals surface area contributed by atoms with E-state index in [1.807, 2.05) is 7.05 Å². The Hall–Kier alpha value is -2.27. The molecule has 2 heterocycles. The van der Waals surface area contributed by atoms with E-state index < -0.39 is 0 Å². The lowest BCUT2D eigenvalue weighted by Gasteiger charge is -2.36. The molecule has 1 N–H and O–H groups in total. The molecule has 2 aromatic rings. The van der Waals surface area contributed by atoms with Crippen molar-refractivity contribution < 1.29 is 9.18 Å². The van der Waals surface area contributed by atoms with Crippen molar-refractivity contribution >= 4 is 5.91 Å². The summed E-state index contributed by atoms with van der Waals surface area (Å²) in [6.07, 6.45) is 1.53. The molecular formula is C16H16FN3O. The summed E-state index contributed by atoms with van der Waals surface area (Å²) in [5.41, 5.74) is 1.86. The van der Waals surface area contributed by atoms with Gasteiger partial charge in [-0.05, 0) is 31.3 Å². The largest absolute Gasteiger partial charge is 0.347 e. The van der Waals surface area contributed by atoms with Crippen LogP contribution in [0, 0.1) is 5.82 Å². The summed E-state index contributed by atoms with van der Waals surface area (Å²) in [7, 11) is 2.01. The minimum Gasteiger partial charge on any atom is -0.347 e. The maximum Gasteiger partial charge on any atom is 0.253 e. The number of pyridine rings is 1. The first-order chi connectivity index (χ1) is 10.1. The highest BCUT2D eigenvalue weighted by molar-refractivity contribution is 5.94. The number of nitrogens with zero attached hydrogens (tertiary/aromatic N) is 2. The third-order valence-corrected chi connectivity index (χ3v) is 3.55. The van der Waals surface area contributed by atoms with Crippen LogP contribution < -0.4 is 5.32 Å². The van der Waals surface area contributed by atoms with Gasteiger partial charge in [0.25, 0.3) is 5.91 Å². The van der Waals surface area contributed by atoms with Crippen LogP contribution in [0.4, 0.5) is 4.39 Å². The maximum atomic E-state index is 13.2. The molecule has 1 aliphatic heterocycles. The van der Waals surface area contributed by atoms with Gasteiger partial charge in [-0.3, -0.25) is 9.78 Å². The van der Waals surface area contributed by atoms with Crippen LogP contribution in [-0.2, 0) is 0 Å². The fraction of sp³-hybridized carbons (Fsp3) is 0.250. The summed E-state index contributed by atoms with van der Waals surface area (Å²) < 4.78 is 13.2. The highest BCUT2D eigenvalue weighted by Gasteiger charge is 2.24. The van der Waals surface area contributed by atoms with Gasteiger partial charge < -0.3 is 10.2 Å². The normalized spacial score (nSPS) is 15.5. The van der Waals surface area contributed by atoms with Crippen LogP contribution in [0.3, 0.4) is 0 Å². The zero-order chi connectivity index (χ0) is 14.8. The quantitative estimate of drug-likeness (QED) is 0.937. The van der Waals surface area contributed by atoms with E-state index in [4.69, 9.17) is 0 Å². The van der Waals surface area contributed by atoms with Crippen molar-refractivity contribution in [1.82, 2.24) is 15.2 Å². The molecule has 1 aromatic carbocycles. The summed E-state index contributed by atoms with van der Waals surface area (Å²) >= 11 is 0. The molecule has 0 unspecified atom stereocenters. The van der Waals surface area contributed by atoms with E-state index >= 15 is 0 Å². The number of carbonyl (C=O) groups is 1. The molecular weight excluding hydrogens is 269 g/mol. The lowest BCUT2D eigenvalue weighted by atomic mass is 10.1. The number of amides is 1. The Morgan fingerprint density at radius 2 is 2.14 bits per heavy atom. The minimum absolute atomic E-state index is 0.119. The van der Waals surface area contributed by atoms with Crippen molar-refractivity contribution in [2.75, 3.05) is 20.1 Å². The number of nitrogens with one attached hydrogen (secondary N) is 1. The minimum atomic E-state index is -0.301. The van der Waals surface area contributed by atoms with Gasteiger partial charge in [-0.25, -0.2) is 4.39 Å². The Morgan fingerprint density at radius 1 is 1.33 bits per heavy atom. The van der Waals surface area contributed by atoms with Gasteiger partial charge in [-0.15, -0.1) is 0 Å². The van der Waals surface area contributed by atoms with E-state index in [2.05, 4.69) is 15.2 Å². The number of likely N-dealkylation sites (tertiary alicyclic amines) is 1. The van der Waals surface area contributed by atoms with Crippen LogP contribution in [0.15, 0.2) is 42.6 Å². The van der Waals surface area contributed by atoms with Gasteiger partial charge in [-0.2, -0.15) is 0 Å². The van der Waals surface area contributed by atoms with Crippen LogP contribution in [0.25, 0.3) is 11.3 Å². The molecule has 5 heteroatoms. The second-order valence-corrected chi connectivity index (χ2v) is 5.33. The second kappa shape index (κ2) is 5.61. The standard InChI is InChI=1S/C16H16FN3O/c1-20-9-14(10-20)19-16(21)12-5-6-15(18-8-12)11-3-2-4-13(17)7-11/h2-8,14H,9-10H2,1H3,(H,19,21). The fourth-order valence-corrected chi connectivity index (χ4v) is 2.41. The number of hydrogen-bond donors (Lipinski definition) is 1. The van der Waals surface area contributed by atoms with Crippen LogP contribution in [0.1, 0.15) is 10.4 Å². The van der Waals surface area contributed by atoms with E-state index in [0.29, 0.717) is 16.8 Å². The van der Waals surface area contributed by atoms with Crippen LogP contribution in [0.5, 0.6) is 0 Å². The van der Waals surface area contributed by atoms with Crippen molar-refractivity contribution in [3.05, 3.63) is 54.0 Å². The monoisotopic (exact) mass is 285 g/mol. The van der Waals surface area contributed by atoms with Crippen LogP contribution in [0.2, 0.25) is 0 Å². The predicted octanol–water partition coefficient (Wildman–Crippen LogP) is 1.93. The molecule has 1 aromatic heterocycles. The first-order valence-electron chi connectivity index (χ1n) is 6.83. The van der Waals surface area contributed by atoms with Crippen molar-refractivity contribution in [3.8, 4) is 11.3 Å². The molecule has 3 rings (SSSR count). The van der Waals surface area contributed by atoms with E-state index in [-0.39, 0.29) is 17.8 Å². The first kappa shape index (κ1) is 13.7. The van der Waals surface area contributed by atoms with E-state index in [9.17, 15) is 9.18 Å². The molecule has 0 bridgehead atoms. The molecule has 0 saturated carbocycles. The lowest BCUT2D eigenvalue weighted by Crippen LogP contribution is -2.57. The van der Waals surface area contributed by atoms with Crippen molar-refractivity contribution in [2.24, 2.45) is 0 Å². The Labute approximate surface area is 122 Å². The summed E-state index contributed by atoms with van der Waals surface area (Å²) in [6.45, 7) is 1.75. The average molecular weight is 285 g/mol. The summed E-state index contributed by atoms with van der Waals surface area (Å²) in [4.78, 5) is 18.4. The first-order valence-corrected chi connectivity index (χ1v) is 6.83. The molecule has 1 amide bonds. The van der Waals surface area contributed by atoms with E-state index in [1.54, 1.807) is 24.3 Å². The summed E-state index contributed by atoms with van der Waals surface area (Å²) in [5.74, 6) is -0.420. The smallest absolute Gasteiger partial charge is 0.253 e. The molecule has 0 aliphatic carbocycles. The average Bonchev–Trinajstić information content (AvgIpc) is 2.46. The topological polar surface area (TPSA) is 45.2 Å². The molecule has 1 aliphatic rings. The molecule has 21 heavy (non-hydrogen) atoms. The van der Waals surface area contributed by atoms with Gasteiger partial charge >= 0.3 is 0 Å². The maximum absolute atomic E-state index is 13.2. The van der Waals surface area contributed by atoms with Crippen molar-refractivity contribution in [3.63, 3.8) is 0 Å². The molecule has 0 radical (unpaired) electrons. The van der Waals surface area contributed by atoms with Gasteiger partial charge in [-0.1, -0.05) is 12.1 Å².